The molecule has 25 heavy (non-hydrogen) atoms. The molecule has 0 unspecified atom stereocenters. The molecule has 4 nitrogen and oxygen atoms in total. The maximum Gasteiger partial charge on any atom is 0.228 e. The van der Waals surface area contributed by atoms with Gasteiger partial charge >= 0.3 is 0 Å². The average molecular weight is 341 g/mol. The van der Waals surface area contributed by atoms with Crippen molar-refractivity contribution in [2.75, 3.05) is 0 Å². The van der Waals surface area contributed by atoms with E-state index in [9.17, 15) is 15.0 Å². The fourth-order valence-corrected chi connectivity index (χ4v) is 2.71. The predicted molar refractivity (Wildman–Crippen MR) is 99.2 cm³/mol. The van der Waals surface area contributed by atoms with Crippen LogP contribution < -0.4 is 5.32 Å². The van der Waals surface area contributed by atoms with Crippen molar-refractivity contribution >= 4 is 5.91 Å². The maximum atomic E-state index is 12.6. The molecule has 0 aliphatic heterocycles. The normalized spacial score (nSPS) is 13.9. The summed E-state index contributed by atoms with van der Waals surface area (Å²) in [6, 6.07) is 16.5. The van der Waals surface area contributed by atoms with E-state index in [1.807, 2.05) is 25.1 Å². The lowest BCUT2D eigenvalue weighted by atomic mass is 9.81. The molecular formula is C21H27NO3. The van der Waals surface area contributed by atoms with E-state index in [1.54, 1.807) is 26.0 Å². The van der Waals surface area contributed by atoms with Crippen molar-refractivity contribution in [1.82, 2.24) is 5.32 Å². The molecule has 2 aromatic carbocycles. The lowest BCUT2D eigenvalue weighted by molar-refractivity contribution is -0.136. The van der Waals surface area contributed by atoms with Crippen molar-refractivity contribution in [2.45, 2.75) is 45.8 Å². The summed E-state index contributed by atoms with van der Waals surface area (Å²) >= 11 is 0. The van der Waals surface area contributed by atoms with Crippen molar-refractivity contribution in [3.63, 3.8) is 0 Å². The number of phenols is 1. The van der Waals surface area contributed by atoms with Crippen LogP contribution in [0.15, 0.2) is 54.6 Å². The number of aliphatic hydroxyl groups is 1. The van der Waals surface area contributed by atoms with E-state index in [4.69, 9.17) is 0 Å². The number of phenolic OH excluding ortho intramolecular Hbond substituents is 1. The van der Waals surface area contributed by atoms with Gasteiger partial charge in [-0.05, 0) is 56.9 Å². The minimum absolute atomic E-state index is 0.0130. The Morgan fingerprint density at radius 1 is 1.08 bits per heavy atom. The van der Waals surface area contributed by atoms with Gasteiger partial charge in [0, 0.05) is 6.04 Å². The molecule has 0 spiro atoms. The number of amides is 1. The summed E-state index contributed by atoms with van der Waals surface area (Å²) in [7, 11) is 0. The summed E-state index contributed by atoms with van der Waals surface area (Å²) in [5, 5.41) is 23.0. The van der Waals surface area contributed by atoms with Crippen LogP contribution in [0.2, 0.25) is 0 Å². The molecule has 1 amide bonds. The Hall–Kier alpha value is -2.33. The Kier molecular flexibility index (Phi) is 6.21. The van der Waals surface area contributed by atoms with Gasteiger partial charge in [0.25, 0.3) is 0 Å². The fourth-order valence-electron chi connectivity index (χ4n) is 2.71. The van der Waals surface area contributed by atoms with Gasteiger partial charge in [0.2, 0.25) is 5.91 Å². The molecule has 3 N–H and O–H groups in total. The number of aryl methyl sites for hydroxylation is 1. The monoisotopic (exact) mass is 341 g/mol. The van der Waals surface area contributed by atoms with Gasteiger partial charge in [-0.1, -0.05) is 42.5 Å². The first-order chi connectivity index (χ1) is 11.8. The molecule has 2 rings (SSSR count). The first-order valence-electron chi connectivity index (χ1n) is 8.62. The van der Waals surface area contributed by atoms with Crippen LogP contribution in [0.5, 0.6) is 5.75 Å². The number of aromatic hydroxyl groups is 1. The topological polar surface area (TPSA) is 69.6 Å². The Bertz CT molecular complexity index is 680. The van der Waals surface area contributed by atoms with E-state index >= 15 is 0 Å². The minimum Gasteiger partial charge on any atom is -0.508 e. The number of carbonyl (C=O) groups excluding carboxylic acids is 1. The summed E-state index contributed by atoms with van der Waals surface area (Å²) in [5.74, 6) is -0.0543. The lowest BCUT2D eigenvalue weighted by Crippen LogP contribution is -2.44. The number of aliphatic hydroxyl groups excluding tert-OH is 1. The van der Waals surface area contributed by atoms with Gasteiger partial charge in [-0.25, -0.2) is 0 Å². The van der Waals surface area contributed by atoms with Crippen molar-refractivity contribution in [3.05, 3.63) is 65.7 Å². The molecule has 0 aliphatic carbocycles. The molecule has 134 valence electrons. The van der Waals surface area contributed by atoms with Gasteiger partial charge in [-0.15, -0.1) is 0 Å². The van der Waals surface area contributed by atoms with Gasteiger partial charge in [0.05, 0.1) is 11.5 Å². The Morgan fingerprint density at radius 2 is 1.68 bits per heavy atom. The van der Waals surface area contributed by atoms with Crippen LogP contribution in [0.1, 0.15) is 44.4 Å². The maximum absolute atomic E-state index is 12.6. The summed E-state index contributed by atoms with van der Waals surface area (Å²) in [4.78, 5) is 12.6. The minimum atomic E-state index is -0.974. The Balaban J connectivity index is 1.94. The highest BCUT2D eigenvalue weighted by Crippen LogP contribution is 2.34. The van der Waals surface area contributed by atoms with Crippen molar-refractivity contribution in [3.8, 4) is 5.75 Å². The quantitative estimate of drug-likeness (QED) is 0.721. The molecule has 2 aromatic rings. The van der Waals surface area contributed by atoms with Crippen LogP contribution in [-0.2, 0) is 11.2 Å². The third kappa shape index (κ3) is 5.07. The summed E-state index contributed by atoms with van der Waals surface area (Å²) in [6.07, 6.45) is 0.777. The van der Waals surface area contributed by atoms with Gasteiger partial charge in [-0.2, -0.15) is 0 Å². The van der Waals surface area contributed by atoms with Crippen molar-refractivity contribution in [2.24, 2.45) is 5.41 Å². The number of carbonyl (C=O) groups is 1. The third-order valence-corrected chi connectivity index (χ3v) is 4.56. The molecule has 0 saturated heterocycles. The standard InChI is InChI=1S/C21H27NO3/c1-15(9-10-16-7-5-4-6-8-16)22-20(25)21(2,3)19(24)17-11-13-18(23)14-12-17/h4-8,11-15,19,23-24H,9-10H2,1-3H3,(H,22,25)/t15-,19-/m0/s1. The molecule has 0 bridgehead atoms. The molecule has 0 fully saturated rings. The van der Waals surface area contributed by atoms with Crippen LogP contribution >= 0.6 is 0 Å². The van der Waals surface area contributed by atoms with E-state index in [0.717, 1.165) is 12.8 Å². The van der Waals surface area contributed by atoms with Gasteiger partial charge in [0.15, 0.2) is 0 Å². The van der Waals surface area contributed by atoms with E-state index < -0.39 is 11.5 Å². The summed E-state index contributed by atoms with van der Waals surface area (Å²) in [6.45, 7) is 5.43. The van der Waals surface area contributed by atoms with E-state index in [1.165, 1.54) is 17.7 Å². The molecule has 0 saturated carbocycles. The van der Waals surface area contributed by atoms with Crippen molar-refractivity contribution in [1.29, 1.82) is 0 Å². The second-order valence-corrected chi connectivity index (χ2v) is 7.11. The lowest BCUT2D eigenvalue weighted by Gasteiger charge is -2.31. The highest BCUT2D eigenvalue weighted by Gasteiger charge is 2.37. The second-order valence-electron chi connectivity index (χ2n) is 7.11. The molecule has 0 aromatic heterocycles. The third-order valence-electron chi connectivity index (χ3n) is 4.56. The van der Waals surface area contributed by atoms with Crippen LogP contribution in [0.25, 0.3) is 0 Å². The first-order valence-corrected chi connectivity index (χ1v) is 8.62. The van der Waals surface area contributed by atoms with E-state index in [2.05, 4.69) is 17.4 Å². The van der Waals surface area contributed by atoms with Crippen LogP contribution in [-0.4, -0.2) is 22.2 Å². The number of hydrogen-bond donors (Lipinski definition) is 3. The number of benzene rings is 2. The molecule has 0 heterocycles. The number of rotatable bonds is 7. The smallest absolute Gasteiger partial charge is 0.228 e. The first kappa shape index (κ1) is 19.0. The zero-order valence-corrected chi connectivity index (χ0v) is 15.1. The van der Waals surface area contributed by atoms with Crippen LogP contribution in [0.4, 0.5) is 0 Å². The number of hydrogen-bond acceptors (Lipinski definition) is 3. The van der Waals surface area contributed by atoms with E-state index in [-0.39, 0.29) is 17.7 Å². The molecule has 0 radical (unpaired) electrons. The average Bonchev–Trinajstić information content (AvgIpc) is 2.60. The zero-order chi connectivity index (χ0) is 18.4. The van der Waals surface area contributed by atoms with Gasteiger partial charge in [0.1, 0.15) is 5.75 Å². The number of nitrogens with one attached hydrogen (secondary N) is 1. The van der Waals surface area contributed by atoms with Gasteiger partial charge < -0.3 is 15.5 Å². The van der Waals surface area contributed by atoms with E-state index in [0.29, 0.717) is 5.56 Å². The van der Waals surface area contributed by atoms with Crippen molar-refractivity contribution < 1.29 is 15.0 Å². The molecule has 4 heteroatoms. The predicted octanol–water partition coefficient (Wildman–Crippen LogP) is 3.59. The molecule has 0 aliphatic rings. The van der Waals surface area contributed by atoms with Crippen LogP contribution in [0.3, 0.4) is 0 Å². The molecular weight excluding hydrogens is 314 g/mol. The summed E-state index contributed by atoms with van der Waals surface area (Å²) in [5.41, 5.74) is 0.875. The molecule has 2 atom stereocenters. The highest BCUT2D eigenvalue weighted by molar-refractivity contribution is 5.83. The Morgan fingerprint density at radius 3 is 2.28 bits per heavy atom. The second kappa shape index (κ2) is 8.17. The SMILES string of the molecule is C[C@@H](CCc1ccccc1)NC(=O)C(C)(C)[C@@H](O)c1ccc(O)cc1. The highest BCUT2D eigenvalue weighted by atomic mass is 16.3. The summed E-state index contributed by atoms with van der Waals surface area (Å²) < 4.78 is 0. The fraction of sp³-hybridized carbons (Fsp3) is 0.381. The van der Waals surface area contributed by atoms with Gasteiger partial charge in [-0.3, -0.25) is 4.79 Å². The van der Waals surface area contributed by atoms with Crippen LogP contribution in [0, 0.1) is 5.41 Å². The Labute approximate surface area is 149 Å². The zero-order valence-electron chi connectivity index (χ0n) is 15.1. The largest absolute Gasteiger partial charge is 0.508 e.